The van der Waals surface area contributed by atoms with Gasteiger partial charge in [0.25, 0.3) is 5.91 Å². The number of nitrogens with zero attached hydrogens (tertiary/aromatic N) is 4. The highest BCUT2D eigenvalue weighted by atomic mass is 32.2. The van der Waals surface area contributed by atoms with Crippen molar-refractivity contribution in [3.8, 4) is 0 Å². The lowest BCUT2D eigenvalue weighted by molar-refractivity contribution is 0.0976. The zero-order chi connectivity index (χ0) is 28.9. The Morgan fingerprint density at radius 3 is 2.35 bits per heavy atom. The summed E-state index contributed by atoms with van der Waals surface area (Å²) in [7, 11) is -3.40. The van der Waals surface area contributed by atoms with Crippen molar-refractivity contribution in [2.45, 2.75) is 31.2 Å². The molecule has 0 bridgehead atoms. The maximum absolute atomic E-state index is 13.4. The van der Waals surface area contributed by atoms with E-state index >= 15 is 0 Å². The average Bonchev–Trinajstić information content (AvgIpc) is 2.93. The second-order valence-electron chi connectivity index (χ2n) is 10.7. The predicted octanol–water partition coefficient (Wildman–Crippen LogP) is 2.17. The predicted molar refractivity (Wildman–Crippen MR) is 161 cm³/mol. The van der Waals surface area contributed by atoms with Gasteiger partial charge in [-0.2, -0.15) is 0 Å². The quantitative estimate of drug-likeness (QED) is 0.389. The minimum Gasteiger partial charge on any atom is -0.330 e. The third kappa shape index (κ3) is 7.68. The van der Waals surface area contributed by atoms with Crippen molar-refractivity contribution in [1.82, 2.24) is 14.1 Å². The van der Waals surface area contributed by atoms with Crippen molar-refractivity contribution in [2.24, 2.45) is 11.7 Å². The molecule has 0 aliphatic carbocycles. The number of unbranched alkanes of at least 4 members (excludes halogenated alkanes) is 1. The number of nitrogens with one attached hydrogen (secondary N) is 1. The van der Waals surface area contributed by atoms with Gasteiger partial charge in [-0.1, -0.05) is 19.4 Å². The number of carbonyl (C=O) groups excluding carboxylic acids is 1. The lowest BCUT2D eigenvalue weighted by Crippen LogP contribution is -2.49. The van der Waals surface area contributed by atoms with Gasteiger partial charge in [0.05, 0.1) is 22.4 Å². The molecule has 0 radical (unpaired) electrons. The average molecular weight is 591 g/mol. The molecule has 0 aromatic heterocycles. The van der Waals surface area contributed by atoms with Gasteiger partial charge >= 0.3 is 0 Å². The summed E-state index contributed by atoms with van der Waals surface area (Å²) in [5.41, 5.74) is 7.79. The molecule has 40 heavy (non-hydrogen) atoms. The van der Waals surface area contributed by atoms with E-state index in [2.05, 4.69) is 22.0 Å². The zero-order valence-electron chi connectivity index (χ0n) is 23.7. The summed E-state index contributed by atoms with van der Waals surface area (Å²) < 4.78 is 40.8. The third-order valence-corrected chi connectivity index (χ3v) is 10.3. The summed E-state index contributed by atoms with van der Waals surface area (Å²) in [6, 6.07) is 12.3. The molecular formula is C28H42N6O4S2. The summed E-state index contributed by atoms with van der Waals surface area (Å²) in [4.78, 5) is 18.8. The fourth-order valence-electron chi connectivity index (χ4n) is 5.03. The van der Waals surface area contributed by atoms with Crippen LogP contribution in [0.25, 0.3) is 0 Å². The molecule has 3 N–H and O–H groups in total. The van der Waals surface area contributed by atoms with Gasteiger partial charge in [0, 0.05) is 58.5 Å². The van der Waals surface area contributed by atoms with Crippen LogP contribution in [0.2, 0.25) is 0 Å². The Morgan fingerprint density at radius 2 is 1.75 bits per heavy atom. The van der Waals surface area contributed by atoms with E-state index in [1.165, 1.54) is 19.9 Å². The van der Waals surface area contributed by atoms with Gasteiger partial charge in [-0.25, -0.2) is 16.9 Å². The molecule has 1 atom stereocenters. The Kier molecular flexibility index (Phi) is 10.4. The van der Waals surface area contributed by atoms with Gasteiger partial charge in [0.15, 0.2) is 0 Å². The number of piperazine rings is 1. The van der Waals surface area contributed by atoms with E-state index in [-0.39, 0.29) is 5.56 Å². The van der Waals surface area contributed by atoms with Crippen LogP contribution in [0.1, 0.15) is 35.7 Å². The standard InChI is InChI=1S/C28H42N6O4S2/c1-4-5-12-32-13-15-34(16-14-32)39(36)25-9-7-24(8-10-25)30-28(35)26-17-22(19-33-20-23(18-29)21-33)6-11-27(26)31(2)40(3,37)38/h6-11,17,23H,4-5,12-16,18-21,29H2,1-3H3,(H,30,35). The Hall–Kier alpha value is -2.35. The molecule has 2 aromatic rings. The van der Waals surface area contributed by atoms with Crippen molar-refractivity contribution in [1.29, 1.82) is 0 Å². The fourth-order valence-corrected chi connectivity index (χ4v) is 6.71. The van der Waals surface area contributed by atoms with Crippen molar-refractivity contribution in [2.75, 3.05) is 75.3 Å². The highest BCUT2D eigenvalue weighted by molar-refractivity contribution is 7.92. The summed E-state index contributed by atoms with van der Waals surface area (Å²) >= 11 is 0. The van der Waals surface area contributed by atoms with Crippen molar-refractivity contribution in [3.05, 3.63) is 53.6 Å². The highest BCUT2D eigenvalue weighted by Crippen LogP contribution is 2.27. The number of nitrogens with two attached hydrogens (primary N) is 1. The zero-order valence-corrected chi connectivity index (χ0v) is 25.3. The molecule has 0 spiro atoms. The second-order valence-corrected chi connectivity index (χ2v) is 14.2. The molecular weight excluding hydrogens is 548 g/mol. The molecule has 1 unspecified atom stereocenters. The molecule has 4 rings (SSSR count). The number of benzene rings is 2. The van der Waals surface area contributed by atoms with Gasteiger partial charge in [-0.05, 0) is 67.4 Å². The van der Waals surface area contributed by atoms with Crippen LogP contribution in [0.4, 0.5) is 11.4 Å². The number of carbonyl (C=O) groups is 1. The number of amides is 1. The Balaban J connectivity index is 1.44. The largest absolute Gasteiger partial charge is 0.330 e. The molecule has 2 aliphatic heterocycles. The fraction of sp³-hybridized carbons (Fsp3) is 0.536. The minimum atomic E-state index is -3.57. The van der Waals surface area contributed by atoms with Crippen LogP contribution in [-0.4, -0.2) is 98.3 Å². The van der Waals surface area contributed by atoms with Crippen molar-refractivity contribution >= 4 is 38.3 Å². The molecule has 10 nitrogen and oxygen atoms in total. The van der Waals surface area contributed by atoms with Crippen LogP contribution in [0.5, 0.6) is 0 Å². The molecule has 12 heteroatoms. The van der Waals surface area contributed by atoms with E-state index in [4.69, 9.17) is 5.73 Å². The molecule has 2 fully saturated rings. The normalized spacial score (nSPS) is 18.3. The maximum atomic E-state index is 13.4. The van der Waals surface area contributed by atoms with Gasteiger partial charge in [-0.15, -0.1) is 0 Å². The van der Waals surface area contributed by atoms with Crippen LogP contribution < -0.4 is 15.4 Å². The second kappa shape index (κ2) is 13.5. The number of sulfonamides is 1. The van der Waals surface area contributed by atoms with Crippen molar-refractivity contribution in [3.63, 3.8) is 0 Å². The van der Waals surface area contributed by atoms with Crippen LogP contribution in [0.15, 0.2) is 47.4 Å². The molecule has 2 aliphatic rings. The molecule has 1 amide bonds. The highest BCUT2D eigenvalue weighted by Gasteiger charge is 2.27. The first kappa shape index (κ1) is 30.6. The summed E-state index contributed by atoms with van der Waals surface area (Å²) in [5, 5.41) is 2.89. The third-order valence-electron chi connectivity index (χ3n) is 7.62. The topological polar surface area (TPSA) is 119 Å². The number of likely N-dealkylation sites (tertiary alicyclic amines) is 1. The Morgan fingerprint density at radius 1 is 1.07 bits per heavy atom. The first-order valence-corrected chi connectivity index (χ1v) is 16.8. The van der Waals surface area contributed by atoms with Crippen molar-refractivity contribution < 1.29 is 17.4 Å². The van der Waals surface area contributed by atoms with Gasteiger partial charge < -0.3 is 16.0 Å². The monoisotopic (exact) mass is 590 g/mol. The molecule has 2 aromatic carbocycles. The van der Waals surface area contributed by atoms with Crippen LogP contribution in [0.3, 0.4) is 0 Å². The first-order chi connectivity index (χ1) is 19.1. The SMILES string of the molecule is CCCCN1CCN(S(=O)c2ccc(NC(=O)c3cc(CN4CC(CN)C4)ccc3N(C)S(C)(=O)=O)cc2)CC1. The van der Waals surface area contributed by atoms with E-state index in [1.807, 2.05) is 10.4 Å². The minimum absolute atomic E-state index is 0.273. The summed E-state index contributed by atoms with van der Waals surface area (Å²) in [6.45, 7) is 9.74. The van der Waals surface area contributed by atoms with E-state index in [9.17, 15) is 17.4 Å². The molecule has 0 saturated carbocycles. The lowest BCUT2D eigenvalue weighted by atomic mass is 9.99. The van der Waals surface area contributed by atoms with E-state index in [0.717, 1.165) is 61.9 Å². The smallest absolute Gasteiger partial charge is 0.257 e. The Labute approximate surface area is 241 Å². The number of hydrogen-bond donors (Lipinski definition) is 2. The van der Waals surface area contributed by atoms with E-state index < -0.39 is 26.9 Å². The summed E-state index contributed by atoms with van der Waals surface area (Å²) in [5.74, 6) is 0.0824. The van der Waals surface area contributed by atoms with Crippen LogP contribution >= 0.6 is 0 Å². The van der Waals surface area contributed by atoms with E-state index in [0.29, 0.717) is 35.3 Å². The molecule has 2 saturated heterocycles. The van der Waals surface area contributed by atoms with Crippen LogP contribution in [-0.2, 0) is 27.6 Å². The van der Waals surface area contributed by atoms with E-state index in [1.54, 1.807) is 36.4 Å². The van der Waals surface area contributed by atoms with Gasteiger partial charge in [0.1, 0.15) is 11.0 Å². The molecule has 2 heterocycles. The number of anilines is 2. The number of hydrogen-bond acceptors (Lipinski definition) is 7. The molecule has 220 valence electrons. The lowest BCUT2D eigenvalue weighted by Gasteiger charge is -2.38. The summed E-state index contributed by atoms with van der Waals surface area (Å²) in [6.07, 6.45) is 3.46. The first-order valence-electron chi connectivity index (χ1n) is 13.9. The maximum Gasteiger partial charge on any atom is 0.257 e. The van der Waals surface area contributed by atoms with Gasteiger partial charge in [-0.3, -0.25) is 14.0 Å². The van der Waals surface area contributed by atoms with Gasteiger partial charge in [0.2, 0.25) is 10.0 Å². The van der Waals surface area contributed by atoms with Crippen LogP contribution in [0, 0.1) is 5.92 Å². The Bertz CT molecular complexity index is 1290. The number of rotatable bonds is 12.